The first kappa shape index (κ1) is 20.5. The number of aryl methyl sites for hydroxylation is 1. The van der Waals surface area contributed by atoms with E-state index in [1.54, 1.807) is 43.3 Å². The molecular weight excluding hydrogens is 392 g/mol. The van der Waals surface area contributed by atoms with Crippen molar-refractivity contribution in [3.05, 3.63) is 65.9 Å². The molecule has 0 spiro atoms. The van der Waals surface area contributed by atoms with Crippen LogP contribution in [0.5, 0.6) is 0 Å². The number of esters is 1. The van der Waals surface area contributed by atoms with E-state index in [9.17, 15) is 14.4 Å². The van der Waals surface area contributed by atoms with E-state index in [2.05, 4.69) is 26.2 Å². The van der Waals surface area contributed by atoms with Crippen molar-refractivity contribution in [2.24, 2.45) is 0 Å². The van der Waals surface area contributed by atoms with E-state index in [-0.39, 0.29) is 12.2 Å². The third-order valence-electron chi connectivity index (χ3n) is 3.76. The predicted molar refractivity (Wildman–Crippen MR) is 103 cm³/mol. The van der Waals surface area contributed by atoms with E-state index in [4.69, 9.17) is 9.15 Å². The van der Waals surface area contributed by atoms with Crippen LogP contribution in [0.1, 0.15) is 17.1 Å². The molecule has 154 valence electrons. The predicted octanol–water partition coefficient (Wildman–Crippen LogP) is 1.14. The second kappa shape index (κ2) is 9.78. The molecule has 0 bridgehead atoms. The number of ether oxygens (including phenoxy) is 1. The first-order valence-electron chi connectivity index (χ1n) is 8.82. The van der Waals surface area contributed by atoms with Gasteiger partial charge < -0.3 is 14.5 Å². The summed E-state index contributed by atoms with van der Waals surface area (Å²) in [5.74, 6) is -0.749. The van der Waals surface area contributed by atoms with E-state index < -0.39 is 24.5 Å². The second-order valence-electron chi connectivity index (χ2n) is 5.96. The van der Waals surface area contributed by atoms with Crippen molar-refractivity contribution in [3.8, 4) is 0 Å². The Balaban J connectivity index is 1.59. The van der Waals surface area contributed by atoms with Gasteiger partial charge in [0.2, 0.25) is 0 Å². The van der Waals surface area contributed by atoms with E-state index in [1.165, 1.54) is 17.0 Å². The SMILES string of the molecule is Cc1nnnn1/C(=C\c1ccccc1)C(=O)OCC(=O)NC(=O)NCc1ccco1. The number of hydrogen-bond donors (Lipinski definition) is 2. The Labute approximate surface area is 170 Å². The Morgan fingerprint density at radius 2 is 1.97 bits per heavy atom. The van der Waals surface area contributed by atoms with Gasteiger partial charge >= 0.3 is 12.0 Å². The number of amides is 3. The van der Waals surface area contributed by atoms with Gasteiger partial charge in [-0.1, -0.05) is 30.3 Å². The summed E-state index contributed by atoms with van der Waals surface area (Å²) in [5, 5.41) is 15.5. The standard InChI is InChI=1S/C19H18N6O5/c1-13-22-23-24-25(13)16(10-14-6-3-2-4-7-14)18(27)30-12-17(26)21-19(28)20-11-15-8-5-9-29-15/h2-10H,11-12H2,1H3,(H2,20,21,26,28)/b16-10-. The van der Waals surface area contributed by atoms with Gasteiger partial charge in [0.15, 0.2) is 18.1 Å². The molecule has 30 heavy (non-hydrogen) atoms. The van der Waals surface area contributed by atoms with Crippen LogP contribution in [0.3, 0.4) is 0 Å². The van der Waals surface area contributed by atoms with Crippen molar-refractivity contribution in [2.45, 2.75) is 13.5 Å². The van der Waals surface area contributed by atoms with Gasteiger partial charge in [-0.15, -0.1) is 5.10 Å². The minimum Gasteiger partial charge on any atom is -0.467 e. The number of imide groups is 1. The van der Waals surface area contributed by atoms with Gasteiger partial charge in [0.1, 0.15) is 5.76 Å². The van der Waals surface area contributed by atoms with Crippen molar-refractivity contribution in [1.29, 1.82) is 0 Å². The largest absolute Gasteiger partial charge is 0.467 e. The zero-order chi connectivity index (χ0) is 21.3. The van der Waals surface area contributed by atoms with Crippen molar-refractivity contribution >= 4 is 29.7 Å². The third kappa shape index (κ3) is 5.61. The molecule has 0 fully saturated rings. The summed E-state index contributed by atoms with van der Waals surface area (Å²) < 4.78 is 11.3. The fraction of sp³-hybridized carbons (Fsp3) is 0.158. The summed E-state index contributed by atoms with van der Waals surface area (Å²) in [4.78, 5) is 36.2. The number of nitrogens with one attached hydrogen (secondary N) is 2. The molecule has 0 radical (unpaired) electrons. The molecule has 2 N–H and O–H groups in total. The van der Waals surface area contributed by atoms with E-state index in [0.29, 0.717) is 17.1 Å². The van der Waals surface area contributed by atoms with Crippen molar-refractivity contribution in [2.75, 3.05) is 6.61 Å². The number of nitrogens with zero attached hydrogens (tertiary/aromatic N) is 4. The summed E-state index contributed by atoms with van der Waals surface area (Å²) in [6, 6.07) is 11.6. The summed E-state index contributed by atoms with van der Waals surface area (Å²) in [7, 11) is 0. The van der Waals surface area contributed by atoms with Crippen molar-refractivity contribution in [1.82, 2.24) is 30.8 Å². The topological polar surface area (TPSA) is 141 Å². The van der Waals surface area contributed by atoms with Crippen LogP contribution in [0.2, 0.25) is 0 Å². The van der Waals surface area contributed by atoms with E-state index in [0.717, 1.165) is 0 Å². The molecule has 0 saturated carbocycles. The minimum atomic E-state index is -0.833. The molecule has 11 nitrogen and oxygen atoms in total. The molecular formula is C19H18N6O5. The normalized spacial score (nSPS) is 11.0. The molecule has 0 unspecified atom stereocenters. The quantitative estimate of drug-likeness (QED) is 0.436. The summed E-state index contributed by atoms with van der Waals surface area (Å²) in [6.07, 6.45) is 2.99. The molecule has 3 amide bonds. The zero-order valence-corrected chi connectivity index (χ0v) is 15.9. The molecule has 0 aliphatic heterocycles. The molecule has 3 aromatic rings. The van der Waals surface area contributed by atoms with Crippen LogP contribution < -0.4 is 10.6 Å². The van der Waals surface area contributed by atoms with Crippen LogP contribution in [-0.4, -0.2) is 44.7 Å². The molecule has 0 saturated heterocycles. The molecule has 2 heterocycles. The Bertz CT molecular complexity index is 1040. The highest BCUT2D eigenvalue weighted by Crippen LogP contribution is 2.13. The van der Waals surface area contributed by atoms with Gasteiger partial charge in [-0.2, -0.15) is 4.68 Å². The molecule has 11 heteroatoms. The number of aromatic nitrogens is 4. The lowest BCUT2D eigenvalue weighted by Gasteiger charge is -2.09. The summed E-state index contributed by atoms with van der Waals surface area (Å²) in [6.45, 7) is 1.05. The fourth-order valence-corrected chi connectivity index (χ4v) is 2.36. The lowest BCUT2D eigenvalue weighted by atomic mass is 10.2. The van der Waals surface area contributed by atoms with Crippen LogP contribution in [0.15, 0.2) is 53.1 Å². The van der Waals surface area contributed by atoms with Gasteiger partial charge in [-0.05, 0) is 41.1 Å². The van der Waals surface area contributed by atoms with Gasteiger partial charge in [0.05, 0.1) is 12.8 Å². The maximum atomic E-state index is 12.6. The molecule has 0 aliphatic rings. The molecule has 1 aromatic carbocycles. The van der Waals surface area contributed by atoms with Crippen LogP contribution in [0, 0.1) is 6.92 Å². The van der Waals surface area contributed by atoms with Gasteiger partial charge in [0, 0.05) is 0 Å². The first-order valence-corrected chi connectivity index (χ1v) is 8.82. The molecule has 0 atom stereocenters. The van der Waals surface area contributed by atoms with Crippen LogP contribution in [0.4, 0.5) is 4.79 Å². The Morgan fingerprint density at radius 3 is 2.63 bits per heavy atom. The minimum absolute atomic E-state index is 0.0128. The smallest absolute Gasteiger partial charge is 0.357 e. The number of tetrazole rings is 1. The third-order valence-corrected chi connectivity index (χ3v) is 3.76. The summed E-state index contributed by atoms with van der Waals surface area (Å²) in [5.41, 5.74) is 0.722. The monoisotopic (exact) mass is 410 g/mol. The highest BCUT2D eigenvalue weighted by atomic mass is 16.5. The van der Waals surface area contributed by atoms with Crippen molar-refractivity contribution < 1.29 is 23.5 Å². The van der Waals surface area contributed by atoms with Crippen molar-refractivity contribution in [3.63, 3.8) is 0 Å². The average molecular weight is 410 g/mol. The lowest BCUT2D eigenvalue weighted by molar-refractivity contribution is -0.142. The number of carbonyl (C=O) groups excluding carboxylic acids is 3. The Kier molecular flexibility index (Phi) is 6.66. The van der Waals surface area contributed by atoms with Gasteiger partial charge in [-0.3, -0.25) is 10.1 Å². The average Bonchev–Trinajstić information content (AvgIpc) is 3.41. The number of rotatable bonds is 7. The maximum Gasteiger partial charge on any atom is 0.357 e. The Morgan fingerprint density at radius 1 is 1.17 bits per heavy atom. The molecule has 2 aromatic heterocycles. The van der Waals surface area contributed by atoms with E-state index >= 15 is 0 Å². The van der Waals surface area contributed by atoms with Gasteiger partial charge in [0.25, 0.3) is 5.91 Å². The Hall–Kier alpha value is -4.28. The maximum absolute atomic E-state index is 12.6. The van der Waals surface area contributed by atoms with Crippen LogP contribution in [-0.2, 0) is 20.9 Å². The number of carbonyl (C=O) groups is 3. The van der Waals surface area contributed by atoms with E-state index in [1.807, 2.05) is 6.07 Å². The first-order chi connectivity index (χ1) is 14.5. The van der Waals surface area contributed by atoms with Crippen LogP contribution >= 0.6 is 0 Å². The molecule has 3 rings (SSSR count). The highest BCUT2D eigenvalue weighted by Gasteiger charge is 2.19. The number of hydrogen-bond acceptors (Lipinski definition) is 8. The van der Waals surface area contributed by atoms with Crippen LogP contribution in [0.25, 0.3) is 11.8 Å². The zero-order valence-electron chi connectivity index (χ0n) is 15.9. The number of urea groups is 1. The highest BCUT2D eigenvalue weighted by molar-refractivity contribution is 6.15. The number of furan rings is 1. The van der Waals surface area contributed by atoms with Gasteiger partial charge in [-0.25, -0.2) is 9.59 Å². The lowest BCUT2D eigenvalue weighted by Crippen LogP contribution is -2.41. The fourth-order valence-electron chi connectivity index (χ4n) is 2.36. The number of benzene rings is 1. The molecule has 0 aliphatic carbocycles. The summed E-state index contributed by atoms with van der Waals surface area (Å²) >= 11 is 0. The second-order valence-corrected chi connectivity index (χ2v) is 5.96.